The van der Waals surface area contributed by atoms with Crippen molar-refractivity contribution in [1.29, 1.82) is 0 Å². The fourth-order valence-corrected chi connectivity index (χ4v) is 8.34. The first-order valence-corrected chi connectivity index (χ1v) is 16.6. The highest BCUT2D eigenvalue weighted by Gasteiger charge is 2.36. The van der Waals surface area contributed by atoms with Gasteiger partial charge in [-0.1, -0.05) is 154 Å². The summed E-state index contributed by atoms with van der Waals surface area (Å²) in [6, 6.07) is 41.1. The number of anilines is 1. The molecule has 6 aromatic carbocycles. The van der Waals surface area contributed by atoms with Crippen molar-refractivity contribution in [2.75, 3.05) is 5.73 Å². The molecule has 0 fully saturated rings. The summed E-state index contributed by atoms with van der Waals surface area (Å²) in [6.45, 7) is 10.4. The molecule has 0 bridgehead atoms. The smallest absolute Gasteiger partial charge is 0.0427 e. The van der Waals surface area contributed by atoms with Crippen molar-refractivity contribution < 1.29 is 0 Å². The molecule has 46 heavy (non-hydrogen) atoms. The Hall–Kier alpha value is -5.18. The topological polar surface area (TPSA) is 26.0 Å². The minimum absolute atomic E-state index is 0.0400. The van der Waals surface area contributed by atoms with Gasteiger partial charge in [-0.3, -0.25) is 0 Å². The van der Waals surface area contributed by atoms with Gasteiger partial charge in [-0.05, 0) is 68.8 Å². The molecule has 0 saturated heterocycles. The molecule has 1 aromatic heterocycles. The molecule has 0 unspecified atom stereocenters. The number of benzene rings is 6. The molecule has 0 radical (unpaired) electrons. The number of hydrogen-bond acceptors (Lipinski definition) is 2. The van der Waals surface area contributed by atoms with Crippen LogP contribution in [0.4, 0.5) is 5.69 Å². The molecule has 0 saturated carbocycles. The third-order valence-electron chi connectivity index (χ3n) is 9.17. The van der Waals surface area contributed by atoms with Gasteiger partial charge in [0.25, 0.3) is 0 Å². The van der Waals surface area contributed by atoms with Crippen molar-refractivity contribution in [1.82, 2.24) is 0 Å². The maximum absolute atomic E-state index is 6.56. The maximum Gasteiger partial charge on any atom is 0.0427 e. The van der Waals surface area contributed by atoms with E-state index in [9.17, 15) is 0 Å². The monoisotopic (exact) mass is 611 g/mol. The third kappa shape index (κ3) is 4.87. The van der Waals surface area contributed by atoms with Gasteiger partial charge in [-0.2, -0.15) is 0 Å². The summed E-state index contributed by atoms with van der Waals surface area (Å²) in [6.07, 6.45) is 10.1. The average molecular weight is 612 g/mol. The largest absolute Gasteiger partial charge is 0.398 e. The first kappa shape index (κ1) is 29.5. The number of nitrogens with two attached hydrogens (primary N) is 1. The highest BCUT2D eigenvalue weighted by molar-refractivity contribution is 7.26. The van der Waals surface area contributed by atoms with Crippen molar-refractivity contribution in [3.05, 3.63) is 162 Å². The van der Waals surface area contributed by atoms with Crippen LogP contribution in [0.1, 0.15) is 43.0 Å². The summed E-state index contributed by atoms with van der Waals surface area (Å²) < 4.78 is 2.70. The van der Waals surface area contributed by atoms with E-state index in [1.807, 2.05) is 23.5 Å². The summed E-state index contributed by atoms with van der Waals surface area (Å²) in [5.74, 6) is 0. The van der Waals surface area contributed by atoms with Gasteiger partial charge in [0.1, 0.15) is 0 Å². The molecule has 7 aromatic rings. The van der Waals surface area contributed by atoms with Gasteiger partial charge in [-0.15, -0.1) is 11.3 Å². The molecular formula is C44H37NS. The highest BCUT2D eigenvalue weighted by Crippen LogP contribution is 2.52. The fourth-order valence-electron chi connectivity index (χ4n) is 7.14. The SMILES string of the molecule is C/C=C\c1ccccc1-c1c(N)ccc2c3c(ccc12)-c1ccccc1C3(C)C.C=C/C=C/c1cccc2c1sc1ccccc12. The summed E-state index contributed by atoms with van der Waals surface area (Å²) in [5.41, 5.74) is 17.6. The molecule has 1 aliphatic carbocycles. The molecule has 0 aliphatic heterocycles. The Morgan fingerprint density at radius 1 is 0.630 bits per heavy atom. The molecule has 0 spiro atoms. The minimum Gasteiger partial charge on any atom is -0.398 e. The Balaban J connectivity index is 0.000000169. The second-order valence-corrected chi connectivity index (χ2v) is 13.3. The summed E-state index contributed by atoms with van der Waals surface area (Å²) in [7, 11) is 0. The van der Waals surface area contributed by atoms with E-state index in [0.717, 1.165) is 11.3 Å². The molecule has 0 atom stereocenters. The maximum atomic E-state index is 6.56. The predicted octanol–water partition coefficient (Wildman–Crippen LogP) is 12.7. The predicted molar refractivity (Wildman–Crippen MR) is 205 cm³/mol. The Morgan fingerprint density at radius 3 is 2.15 bits per heavy atom. The van der Waals surface area contributed by atoms with Crippen LogP contribution in [0.3, 0.4) is 0 Å². The number of rotatable bonds is 4. The number of allylic oxidation sites excluding steroid dienone is 3. The minimum atomic E-state index is -0.0400. The van der Waals surface area contributed by atoms with Crippen LogP contribution in [0.25, 0.3) is 65.4 Å². The molecule has 8 rings (SSSR count). The van der Waals surface area contributed by atoms with Crippen LogP contribution in [-0.4, -0.2) is 0 Å². The van der Waals surface area contributed by atoms with E-state index in [-0.39, 0.29) is 5.41 Å². The molecular weight excluding hydrogens is 575 g/mol. The number of hydrogen-bond donors (Lipinski definition) is 1. The lowest BCUT2D eigenvalue weighted by molar-refractivity contribution is 0.666. The number of thiophene rings is 1. The van der Waals surface area contributed by atoms with Gasteiger partial charge < -0.3 is 5.73 Å². The molecule has 1 nitrogen and oxygen atoms in total. The molecule has 1 heterocycles. The van der Waals surface area contributed by atoms with E-state index >= 15 is 0 Å². The summed E-state index contributed by atoms with van der Waals surface area (Å²) in [4.78, 5) is 0. The van der Waals surface area contributed by atoms with E-state index in [2.05, 4.69) is 161 Å². The van der Waals surface area contributed by atoms with E-state index in [4.69, 9.17) is 5.73 Å². The van der Waals surface area contributed by atoms with Crippen molar-refractivity contribution in [3.8, 4) is 22.3 Å². The molecule has 1 aliphatic rings. The van der Waals surface area contributed by atoms with Crippen LogP contribution in [0, 0.1) is 0 Å². The van der Waals surface area contributed by atoms with Crippen LogP contribution >= 0.6 is 11.3 Å². The van der Waals surface area contributed by atoms with Crippen molar-refractivity contribution >= 4 is 60.1 Å². The van der Waals surface area contributed by atoms with Crippen LogP contribution in [0.2, 0.25) is 0 Å². The highest BCUT2D eigenvalue weighted by atomic mass is 32.1. The summed E-state index contributed by atoms with van der Waals surface area (Å²) in [5, 5.41) is 5.21. The second kappa shape index (κ2) is 12.0. The van der Waals surface area contributed by atoms with Crippen LogP contribution in [0.5, 0.6) is 0 Å². The first-order valence-electron chi connectivity index (χ1n) is 15.8. The van der Waals surface area contributed by atoms with Gasteiger partial charge in [0.15, 0.2) is 0 Å². The van der Waals surface area contributed by atoms with Gasteiger partial charge in [0.2, 0.25) is 0 Å². The normalized spacial score (nSPS) is 13.3. The Kier molecular flexibility index (Phi) is 7.68. The first-order chi connectivity index (χ1) is 22.4. The average Bonchev–Trinajstić information content (AvgIpc) is 3.57. The van der Waals surface area contributed by atoms with Gasteiger partial charge in [-0.25, -0.2) is 0 Å². The lowest BCUT2D eigenvalue weighted by Gasteiger charge is -2.24. The summed E-state index contributed by atoms with van der Waals surface area (Å²) >= 11 is 1.85. The Bertz CT molecular complexity index is 2330. The quantitative estimate of drug-likeness (QED) is 0.155. The van der Waals surface area contributed by atoms with Crippen molar-refractivity contribution in [2.45, 2.75) is 26.2 Å². The lowest BCUT2D eigenvalue weighted by atomic mass is 9.79. The third-order valence-corrected chi connectivity index (χ3v) is 10.4. The Labute approximate surface area is 275 Å². The molecule has 224 valence electrons. The van der Waals surface area contributed by atoms with E-state index in [1.54, 1.807) is 0 Å². The van der Waals surface area contributed by atoms with E-state index in [0.29, 0.717) is 0 Å². The lowest BCUT2D eigenvalue weighted by Crippen LogP contribution is -2.15. The van der Waals surface area contributed by atoms with Crippen molar-refractivity contribution in [2.24, 2.45) is 0 Å². The van der Waals surface area contributed by atoms with Crippen LogP contribution < -0.4 is 5.73 Å². The zero-order valence-electron chi connectivity index (χ0n) is 26.5. The van der Waals surface area contributed by atoms with Gasteiger partial charge >= 0.3 is 0 Å². The number of fused-ring (bicyclic) bond motifs is 8. The van der Waals surface area contributed by atoms with Crippen LogP contribution in [-0.2, 0) is 5.41 Å². The molecule has 2 heteroatoms. The zero-order chi connectivity index (χ0) is 31.8. The fraction of sp³-hybridized carbons (Fsp3) is 0.0909. The van der Waals surface area contributed by atoms with Crippen molar-refractivity contribution in [3.63, 3.8) is 0 Å². The van der Waals surface area contributed by atoms with Gasteiger partial charge in [0.05, 0.1) is 0 Å². The standard InChI is InChI=1S/C28H25N.C16H12S/c1-4-9-18-10-5-6-11-19(18)26-21-14-15-22-20-12-7-8-13-24(20)28(2,3)27(22)23(21)16-17-25(26)29;1-2-3-7-12-8-6-10-14-13-9-4-5-11-15(13)17-16(12)14/h4-17H,29H2,1-3H3;2-11H,1H2/b9-4-;7-3+. The molecule has 0 amide bonds. The Morgan fingerprint density at radius 2 is 1.33 bits per heavy atom. The number of nitrogen functional groups attached to an aromatic ring is 1. The second-order valence-electron chi connectivity index (χ2n) is 12.3. The molecule has 2 N–H and O–H groups in total. The van der Waals surface area contributed by atoms with E-state index < -0.39 is 0 Å². The van der Waals surface area contributed by atoms with Crippen LogP contribution in [0.15, 0.2) is 140 Å². The zero-order valence-corrected chi connectivity index (χ0v) is 27.4. The van der Waals surface area contributed by atoms with E-state index in [1.165, 1.54) is 69.9 Å². The van der Waals surface area contributed by atoms with Gasteiger partial charge in [0, 0.05) is 36.8 Å².